The number of aromatic nitrogens is 1. The lowest BCUT2D eigenvalue weighted by Gasteiger charge is -2.03. The molecule has 0 saturated carbocycles. The van der Waals surface area contributed by atoms with E-state index in [2.05, 4.69) is 33.3 Å². The van der Waals surface area contributed by atoms with Crippen molar-refractivity contribution in [2.24, 2.45) is 0 Å². The van der Waals surface area contributed by atoms with Crippen molar-refractivity contribution in [3.63, 3.8) is 0 Å². The molecule has 0 saturated heterocycles. The van der Waals surface area contributed by atoms with Gasteiger partial charge in [-0.2, -0.15) is 0 Å². The number of carbonyl (C=O) groups is 1. The van der Waals surface area contributed by atoms with Gasteiger partial charge in [0.25, 0.3) is 5.91 Å². The molecule has 0 fully saturated rings. The van der Waals surface area contributed by atoms with Crippen LogP contribution in [0.1, 0.15) is 30.1 Å². The summed E-state index contributed by atoms with van der Waals surface area (Å²) in [7, 11) is 0. The summed E-state index contributed by atoms with van der Waals surface area (Å²) in [5.41, 5.74) is 6.49. The SMILES string of the molecule is CCCCNC(=O)c1c(-c2ccc(Br)s2)noc1N. The van der Waals surface area contributed by atoms with Gasteiger partial charge in [0, 0.05) is 6.54 Å². The first-order chi connectivity index (χ1) is 9.13. The number of thiophene rings is 1. The van der Waals surface area contributed by atoms with Crippen LogP contribution in [-0.4, -0.2) is 17.6 Å². The maximum atomic E-state index is 12.1. The molecule has 5 nitrogen and oxygen atoms in total. The molecule has 0 aliphatic heterocycles. The van der Waals surface area contributed by atoms with Gasteiger partial charge in [0.2, 0.25) is 5.88 Å². The zero-order valence-electron chi connectivity index (χ0n) is 10.4. The average Bonchev–Trinajstić information content (AvgIpc) is 2.95. The van der Waals surface area contributed by atoms with Gasteiger partial charge < -0.3 is 15.6 Å². The van der Waals surface area contributed by atoms with Crippen molar-refractivity contribution >= 4 is 39.1 Å². The number of nitrogens with zero attached hydrogens (tertiary/aromatic N) is 1. The van der Waals surface area contributed by atoms with Crippen molar-refractivity contribution in [1.29, 1.82) is 0 Å². The van der Waals surface area contributed by atoms with E-state index >= 15 is 0 Å². The van der Waals surface area contributed by atoms with E-state index < -0.39 is 0 Å². The van der Waals surface area contributed by atoms with E-state index in [1.54, 1.807) is 0 Å². The van der Waals surface area contributed by atoms with E-state index in [-0.39, 0.29) is 11.8 Å². The number of hydrogen-bond acceptors (Lipinski definition) is 5. The number of unbranched alkanes of at least 4 members (excludes halogenated alkanes) is 1. The normalized spacial score (nSPS) is 10.6. The molecule has 3 N–H and O–H groups in total. The molecule has 0 radical (unpaired) electrons. The molecular formula is C12H14BrN3O2S. The van der Waals surface area contributed by atoms with Crippen LogP contribution in [0.3, 0.4) is 0 Å². The van der Waals surface area contributed by atoms with E-state index in [1.165, 1.54) is 11.3 Å². The largest absolute Gasteiger partial charge is 0.367 e. The number of nitrogens with one attached hydrogen (secondary N) is 1. The Bertz CT molecular complexity index is 579. The fraction of sp³-hybridized carbons (Fsp3) is 0.333. The first kappa shape index (κ1) is 14.1. The van der Waals surface area contributed by atoms with Crippen LogP contribution < -0.4 is 11.1 Å². The summed E-state index contributed by atoms with van der Waals surface area (Å²) in [6.45, 7) is 2.68. The Morgan fingerprint density at radius 3 is 3.00 bits per heavy atom. The maximum absolute atomic E-state index is 12.1. The van der Waals surface area contributed by atoms with Gasteiger partial charge in [-0.05, 0) is 34.5 Å². The Hall–Kier alpha value is -1.34. The second-order valence-electron chi connectivity index (χ2n) is 3.98. The van der Waals surface area contributed by atoms with Gasteiger partial charge >= 0.3 is 0 Å². The Balaban J connectivity index is 2.25. The van der Waals surface area contributed by atoms with Crippen molar-refractivity contribution in [1.82, 2.24) is 10.5 Å². The predicted molar refractivity (Wildman–Crippen MR) is 79.2 cm³/mol. The molecule has 2 aromatic rings. The van der Waals surface area contributed by atoms with Crippen LogP contribution in [-0.2, 0) is 0 Å². The lowest BCUT2D eigenvalue weighted by atomic mass is 10.2. The van der Waals surface area contributed by atoms with Gasteiger partial charge in [-0.3, -0.25) is 4.79 Å². The van der Waals surface area contributed by atoms with Crippen LogP contribution in [0.4, 0.5) is 5.88 Å². The third-order valence-electron chi connectivity index (χ3n) is 2.57. The molecule has 1 amide bonds. The summed E-state index contributed by atoms with van der Waals surface area (Å²) < 4.78 is 5.90. The summed E-state index contributed by atoms with van der Waals surface area (Å²) in [6, 6.07) is 3.76. The summed E-state index contributed by atoms with van der Waals surface area (Å²) in [4.78, 5) is 12.9. The first-order valence-electron chi connectivity index (χ1n) is 5.92. The second kappa shape index (κ2) is 6.21. The smallest absolute Gasteiger partial charge is 0.259 e. The quantitative estimate of drug-likeness (QED) is 0.816. The topological polar surface area (TPSA) is 81.2 Å². The molecule has 0 aromatic carbocycles. The molecule has 19 heavy (non-hydrogen) atoms. The zero-order valence-corrected chi connectivity index (χ0v) is 12.8. The Labute approximate surface area is 123 Å². The number of halogens is 1. The number of nitrogens with two attached hydrogens (primary N) is 1. The van der Waals surface area contributed by atoms with Crippen LogP contribution in [0.15, 0.2) is 20.4 Å². The standard InChI is InChI=1S/C12H14BrN3O2S/c1-2-3-6-15-12(17)9-10(16-18-11(9)14)7-4-5-8(13)19-7/h4-5H,2-3,6,14H2,1H3,(H,15,17). The van der Waals surface area contributed by atoms with Gasteiger partial charge in [0.1, 0.15) is 11.3 Å². The first-order valence-corrected chi connectivity index (χ1v) is 7.53. The summed E-state index contributed by atoms with van der Waals surface area (Å²) >= 11 is 4.85. The van der Waals surface area contributed by atoms with E-state index in [9.17, 15) is 4.79 Å². The third-order valence-corrected chi connectivity index (χ3v) is 4.20. The minimum absolute atomic E-state index is 0.0496. The highest BCUT2D eigenvalue weighted by Gasteiger charge is 2.23. The Kier molecular flexibility index (Phi) is 4.60. The highest BCUT2D eigenvalue weighted by Crippen LogP contribution is 2.34. The fourth-order valence-electron chi connectivity index (χ4n) is 1.60. The van der Waals surface area contributed by atoms with Crippen molar-refractivity contribution < 1.29 is 9.32 Å². The highest BCUT2D eigenvalue weighted by atomic mass is 79.9. The van der Waals surface area contributed by atoms with Crippen molar-refractivity contribution in [3.05, 3.63) is 21.5 Å². The number of rotatable bonds is 5. The number of hydrogen-bond donors (Lipinski definition) is 2. The van der Waals surface area contributed by atoms with E-state index in [0.29, 0.717) is 17.8 Å². The lowest BCUT2D eigenvalue weighted by Crippen LogP contribution is -2.25. The number of anilines is 1. The minimum atomic E-state index is -0.244. The molecule has 2 heterocycles. The summed E-state index contributed by atoms with van der Waals surface area (Å²) in [5, 5.41) is 6.70. The molecule has 2 rings (SSSR count). The van der Waals surface area contributed by atoms with Gasteiger partial charge in [-0.25, -0.2) is 0 Å². The summed E-state index contributed by atoms with van der Waals surface area (Å²) in [6.07, 6.45) is 1.95. The predicted octanol–water partition coefficient (Wildman–Crippen LogP) is 3.28. The third kappa shape index (κ3) is 3.16. The number of amides is 1. The van der Waals surface area contributed by atoms with Crippen molar-refractivity contribution in [2.45, 2.75) is 19.8 Å². The van der Waals surface area contributed by atoms with Crippen LogP contribution in [0.2, 0.25) is 0 Å². The van der Waals surface area contributed by atoms with Crippen LogP contribution in [0.5, 0.6) is 0 Å². The summed E-state index contributed by atoms with van der Waals surface area (Å²) in [5.74, 6) is -0.194. The molecule has 0 atom stereocenters. The Morgan fingerprint density at radius 2 is 2.37 bits per heavy atom. The van der Waals surface area contributed by atoms with Crippen molar-refractivity contribution in [2.75, 3.05) is 12.3 Å². The van der Waals surface area contributed by atoms with Gasteiger partial charge in [-0.1, -0.05) is 18.5 Å². The maximum Gasteiger partial charge on any atom is 0.259 e. The zero-order chi connectivity index (χ0) is 13.8. The van der Waals surface area contributed by atoms with Gasteiger partial charge in [0.15, 0.2) is 0 Å². The van der Waals surface area contributed by atoms with Crippen LogP contribution >= 0.6 is 27.3 Å². The molecule has 0 spiro atoms. The molecule has 0 aliphatic rings. The molecular weight excluding hydrogens is 330 g/mol. The van der Waals surface area contributed by atoms with E-state index in [1.807, 2.05) is 12.1 Å². The van der Waals surface area contributed by atoms with Gasteiger partial charge in [-0.15, -0.1) is 11.3 Å². The van der Waals surface area contributed by atoms with E-state index in [0.717, 1.165) is 21.5 Å². The van der Waals surface area contributed by atoms with Crippen LogP contribution in [0.25, 0.3) is 10.6 Å². The van der Waals surface area contributed by atoms with Crippen LogP contribution in [0, 0.1) is 0 Å². The molecule has 0 aliphatic carbocycles. The lowest BCUT2D eigenvalue weighted by molar-refractivity contribution is 0.0954. The van der Waals surface area contributed by atoms with Crippen molar-refractivity contribution in [3.8, 4) is 10.6 Å². The van der Waals surface area contributed by atoms with Gasteiger partial charge in [0.05, 0.1) is 8.66 Å². The molecule has 0 unspecified atom stereocenters. The molecule has 2 aromatic heterocycles. The molecule has 102 valence electrons. The molecule has 0 bridgehead atoms. The average molecular weight is 344 g/mol. The molecule has 7 heteroatoms. The number of carbonyl (C=O) groups excluding carboxylic acids is 1. The fourth-order valence-corrected chi connectivity index (χ4v) is 2.97. The second-order valence-corrected chi connectivity index (χ2v) is 6.45. The highest BCUT2D eigenvalue weighted by molar-refractivity contribution is 9.11. The van der Waals surface area contributed by atoms with E-state index in [4.69, 9.17) is 10.3 Å². The Morgan fingerprint density at radius 1 is 1.58 bits per heavy atom. The number of nitrogen functional groups attached to an aromatic ring is 1. The minimum Gasteiger partial charge on any atom is -0.367 e. The monoisotopic (exact) mass is 343 g/mol.